The van der Waals surface area contributed by atoms with Gasteiger partial charge in [-0.25, -0.2) is 0 Å². The molecule has 1 N–H and O–H groups in total. The van der Waals surface area contributed by atoms with Gasteiger partial charge in [0.25, 0.3) is 0 Å². The Hall–Kier alpha value is -1.85. The lowest BCUT2D eigenvalue weighted by molar-refractivity contribution is -0.00834. The van der Waals surface area contributed by atoms with Crippen LogP contribution in [0.5, 0.6) is 0 Å². The fraction of sp³-hybridized carbons (Fsp3) is 0.421. The van der Waals surface area contributed by atoms with Crippen molar-refractivity contribution in [3.63, 3.8) is 0 Å². The van der Waals surface area contributed by atoms with Crippen LogP contribution in [0.1, 0.15) is 27.7 Å². The number of morpholine rings is 1. The highest BCUT2D eigenvalue weighted by Crippen LogP contribution is 2.26. The van der Waals surface area contributed by atoms with Crippen LogP contribution in [0.3, 0.4) is 0 Å². The van der Waals surface area contributed by atoms with Crippen LogP contribution in [0.2, 0.25) is 0 Å². The van der Waals surface area contributed by atoms with E-state index in [1.165, 1.54) is 21.6 Å². The number of rotatable bonds is 3. The van der Waals surface area contributed by atoms with Crippen molar-refractivity contribution in [2.24, 2.45) is 4.99 Å². The Kier molecular flexibility index (Phi) is 5.53. The smallest absolute Gasteiger partial charge is 0.194 e. The number of benzene rings is 1. The van der Waals surface area contributed by atoms with Gasteiger partial charge in [0.05, 0.1) is 19.7 Å². The molecule has 5 heteroatoms. The maximum absolute atomic E-state index is 6.04. The molecule has 2 heterocycles. The van der Waals surface area contributed by atoms with Gasteiger partial charge in [-0.3, -0.25) is 4.99 Å². The molecule has 0 amide bonds. The molecule has 1 saturated heterocycles. The summed E-state index contributed by atoms with van der Waals surface area (Å²) in [7, 11) is 1.85. The van der Waals surface area contributed by atoms with Crippen LogP contribution in [-0.4, -0.2) is 37.6 Å². The van der Waals surface area contributed by atoms with E-state index in [0.29, 0.717) is 0 Å². The molecule has 0 bridgehead atoms. The van der Waals surface area contributed by atoms with Gasteiger partial charge in [0, 0.05) is 18.5 Å². The predicted octanol–water partition coefficient (Wildman–Crippen LogP) is 3.51. The third-order valence-corrected chi connectivity index (χ3v) is 5.23. The summed E-state index contributed by atoms with van der Waals surface area (Å²) < 4.78 is 6.04. The van der Waals surface area contributed by atoms with Crippen LogP contribution in [0, 0.1) is 13.8 Å². The lowest BCUT2D eigenvalue weighted by atomic mass is 10.00. The van der Waals surface area contributed by atoms with Crippen LogP contribution in [0.15, 0.2) is 40.7 Å². The van der Waals surface area contributed by atoms with Crippen LogP contribution in [0.25, 0.3) is 0 Å². The number of nitrogens with one attached hydrogen (secondary N) is 1. The standard InChI is InChI=1S/C19H25N3OS/c1-14-6-7-17(15(2)11-14)18-13-22(8-9-23-18)19(20-3)21-12-16-5-4-10-24-16/h4-7,10-11,18H,8-9,12-13H2,1-3H3,(H,20,21). The maximum atomic E-state index is 6.04. The first-order valence-electron chi connectivity index (χ1n) is 8.34. The number of aryl methyl sites for hydroxylation is 2. The van der Waals surface area contributed by atoms with Gasteiger partial charge < -0.3 is 15.0 Å². The van der Waals surface area contributed by atoms with Crippen molar-refractivity contribution in [3.8, 4) is 0 Å². The molecule has 1 atom stereocenters. The van der Waals surface area contributed by atoms with E-state index in [1.807, 2.05) is 7.05 Å². The monoisotopic (exact) mass is 343 g/mol. The van der Waals surface area contributed by atoms with E-state index in [9.17, 15) is 0 Å². The number of nitrogens with zero attached hydrogens (tertiary/aromatic N) is 2. The predicted molar refractivity (Wildman–Crippen MR) is 101 cm³/mol. The summed E-state index contributed by atoms with van der Waals surface area (Å²) in [4.78, 5) is 8.06. The average molecular weight is 343 g/mol. The van der Waals surface area contributed by atoms with Gasteiger partial charge in [0.2, 0.25) is 0 Å². The third kappa shape index (κ3) is 3.97. The first-order chi connectivity index (χ1) is 11.7. The number of ether oxygens (including phenoxy) is 1. The van der Waals surface area contributed by atoms with Crippen molar-refractivity contribution in [2.75, 3.05) is 26.7 Å². The molecule has 2 aromatic rings. The van der Waals surface area contributed by atoms with Crippen molar-refractivity contribution in [2.45, 2.75) is 26.5 Å². The molecule has 4 nitrogen and oxygen atoms in total. The summed E-state index contributed by atoms with van der Waals surface area (Å²) in [6.07, 6.45) is 0.0969. The van der Waals surface area contributed by atoms with E-state index in [-0.39, 0.29) is 6.10 Å². The molecule has 24 heavy (non-hydrogen) atoms. The highest BCUT2D eigenvalue weighted by molar-refractivity contribution is 7.09. The zero-order chi connectivity index (χ0) is 16.9. The fourth-order valence-corrected chi connectivity index (χ4v) is 3.77. The molecule has 1 aromatic heterocycles. The summed E-state index contributed by atoms with van der Waals surface area (Å²) in [5.74, 6) is 0.946. The second-order valence-electron chi connectivity index (χ2n) is 6.15. The molecule has 1 fully saturated rings. The van der Waals surface area contributed by atoms with Crippen LogP contribution in [0.4, 0.5) is 0 Å². The summed E-state index contributed by atoms with van der Waals surface area (Å²) >= 11 is 1.76. The zero-order valence-electron chi connectivity index (χ0n) is 14.6. The third-order valence-electron chi connectivity index (χ3n) is 4.35. The minimum Gasteiger partial charge on any atom is -0.370 e. The highest BCUT2D eigenvalue weighted by atomic mass is 32.1. The lowest BCUT2D eigenvalue weighted by Gasteiger charge is -2.35. The Morgan fingerprint density at radius 1 is 1.38 bits per heavy atom. The van der Waals surface area contributed by atoms with E-state index < -0.39 is 0 Å². The van der Waals surface area contributed by atoms with Crippen molar-refractivity contribution < 1.29 is 4.74 Å². The Bertz CT molecular complexity index is 697. The second kappa shape index (κ2) is 7.81. The van der Waals surface area contributed by atoms with Gasteiger partial charge in [-0.2, -0.15) is 0 Å². The van der Waals surface area contributed by atoms with E-state index in [2.05, 4.69) is 64.8 Å². The molecule has 1 aromatic carbocycles. The number of hydrogen-bond donors (Lipinski definition) is 1. The number of thiophene rings is 1. The normalized spacial score (nSPS) is 18.7. The topological polar surface area (TPSA) is 36.9 Å². The van der Waals surface area contributed by atoms with Gasteiger partial charge in [-0.1, -0.05) is 29.8 Å². The number of hydrogen-bond acceptors (Lipinski definition) is 3. The molecule has 0 spiro atoms. The lowest BCUT2D eigenvalue weighted by Crippen LogP contribution is -2.48. The van der Waals surface area contributed by atoms with Crippen molar-refractivity contribution in [3.05, 3.63) is 57.3 Å². The van der Waals surface area contributed by atoms with E-state index in [1.54, 1.807) is 11.3 Å². The fourth-order valence-electron chi connectivity index (χ4n) is 3.13. The Morgan fingerprint density at radius 3 is 2.96 bits per heavy atom. The quantitative estimate of drug-likeness (QED) is 0.684. The number of guanidine groups is 1. The van der Waals surface area contributed by atoms with Gasteiger partial charge in [-0.15, -0.1) is 11.3 Å². The Balaban J connectivity index is 1.67. The Morgan fingerprint density at radius 2 is 2.25 bits per heavy atom. The molecule has 1 aliphatic rings. The van der Waals surface area contributed by atoms with E-state index >= 15 is 0 Å². The molecule has 0 saturated carbocycles. The summed E-state index contributed by atoms with van der Waals surface area (Å²) in [6, 6.07) is 10.8. The van der Waals surface area contributed by atoms with Crippen molar-refractivity contribution in [1.82, 2.24) is 10.2 Å². The van der Waals surface area contributed by atoms with Crippen LogP contribution < -0.4 is 5.32 Å². The number of aliphatic imine (C=N–C) groups is 1. The van der Waals surface area contributed by atoms with Crippen molar-refractivity contribution in [1.29, 1.82) is 0 Å². The maximum Gasteiger partial charge on any atom is 0.194 e. The molecule has 1 aliphatic heterocycles. The van der Waals surface area contributed by atoms with Crippen molar-refractivity contribution >= 4 is 17.3 Å². The van der Waals surface area contributed by atoms with E-state index in [0.717, 1.165) is 32.2 Å². The zero-order valence-corrected chi connectivity index (χ0v) is 15.4. The summed E-state index contributed by atoms with van der Waals surface area (Å²) in [5, 5.41) is 5.57. The molecule has 0 radical (unpaired) electrons. The molecule has 0 aliphatic carbocycles. The van der Waals surface area contributed by atoms with E-state index in [4.69, 9.17) is 4.74 Å². The second-order valence-corrected chi connectivity index (χ2v) is 7.18. The minimum atomic E-state index is 0.0969. The molecular weight excluding hydrogens is 318 g/mol. The first-order valence-corrected chi connectivity index (χ1v) is 9.22. The van der Waals surface area contributed by atoms with Gasteiger partial charge in [-0.05, 0) is 36.4 Å². The van der Waals surface area contributed by atoms with Gasteiger partial charge in [0.1, 0.15) is 6.10 Å². The van der Waals surface area contributed by atoms with Gasteiger partial charge in [0.15, 0.2) is 5.96 Å². The van der Waals surface area contributed by atoms with Crippen LogP contribution in [-0.2, 0) is 11.3 Å². The molecule has 128 valence electrons. The summed E-state index contributed by atoms with van der Waals surface area (Å²) in [6.45, 7) is 7.52. The minimum absolute atomic E-state index is 0.0969. The Labute approximate surface area is 148 Å². The summed E-state index contributed by atoms with van der Waals surface area (Å²) in [5.41, 5.74) is 3.86. The SMILES string of the molecule is CN=C(NCc1cccs1)N1CCOC(c2ccc(C)cc2C)C1. The molecular formula is C19H25N3OS. The molecule has 1 unspecified atom stereocenters. The highest BCUT2D eigenvalue weighted by Gasteiger charge is 2.25. The average Bonchev–Trinajstić information content (AvgIpc) is 3.09. The first kappa shape index (κ1) is 17.0. The van der Waals surface area contributed by atoms with Gasteiger partial charge >= 0.3 is 0 Å². The van der Waals surface area contributed by atoms with Crippen LogP contribution >= 0.6 is 11.3 Å². The molecule has 3 rings (SSSR count). The largest absolute Gasteiger partial charge is 0.370 e.